The fraction of sp³-hybridized carbons (Fsp3) is 0.571. The van der Waals surface area contributed by atoms with Gasteiger partial charge in [-0.05, 0) is 43.4 Å². The SMILES string of the molecule is Cc1ccc(C2(O)CCCCC2)cc1C. The van der Waals surface area contributed by atoms with Crippen molar-refractivity contribution >= 4 is 0 Å². The fourth-order valence-corrected chi connectivity index (χ4v) is 2.46. The average Bonchev–Trinajstić information content (AvgIpc) is 2.23. The normalized spacial score (nSPS) is 20.2. The van der Waals surface area contributed by atoms with E-state index in [-0.39, 0.29) is 0 Å². The summed E-state index contributed by atoms with van der Waals surface area (Å²) < 4.78 is 0. The maximum Gasteiger partial charge on any atom is 0.0896 e. The Labute approximate surface area is 92.1 Å². The highest BCUT2D eigenvalue weighted by molar-refractivity contribution is 5.33. The Morgan fingerprint density at radius 3 is 2.27 bits per heavy atom. The zero-order chi connectivity index (χ0) is 10.9. The summed E-state index contributed by atoms with van der Waals surface area (Å²) in [6.45, 7) is 4.23. The summed E-state index contributed by atoms with van der Waals surface area (Å²) in [6.07, 6.45) is 5.44. The van der Waals surface area contributed by atoms with Gasteiger partial charge >= 0.3 is 0 Å². The molecule has 1 N–H and O–H groups in total. The van der Waals surface area contributed by atoms with Crippen LogP contribution in [-0.4, -0.2) is 5.11 Å². The maximum absolute atomic E-state index is 10.6. The van der Waals surface area contributed by atoms with Gasteiger partial charge < -0.3 is 5.11 Å². The Morgan fingerprint density at radius 1 is 1.00 bits per heavy atom. The van der Waals surface area contributed by atoms with E-state index in [1.54, 1.807) is 0 Å². The first-order valence-electron chi connectivity index (χ1n) is 5.92. The molecule has 1 heteroatoms. The molecule has 0 aromatic heterocycles. The zero-order valence-corrected chi connectivity index (χ0v) is 9.71. The van der Waals surface area contributed by atoms with Gasteiger partial charge in [-0.2, -0.15) is 0 Å². The lowest BCUT2D eigenvalue weighted by molar-refractivity contribution is -0.000680. The first-order valence-corrected chi connectivity index (χ1v) is 5.92. The molecular weight excluding hydrogens is 184 g/mol. The molecule has 0 aliphatic heterocycles. The molecule has 1 fully saturated rings. The van der Waals surface area contributed by atoms with Gasteiger partial charge in [-0.1, -0.05) is 37.5 Å². The lowest BCUT2D eigenvalue weighted by Crippen LogP contribution is -2.28. The molecular formula is C14H20O. The van der Waals surface area contributed by atoms with Gasteiger partial charge in [0.15, 0.2) is 0 Å². The minimum atomic E-state index is -0.545. The van der Waals surface area contributed by atoms with Crippen LogP contribution in [0.1, 0.15) is 48.8 Å². The van der Waals surface area contributed by atoms with Crippen LogP contribution in [0.3, 0.4) is 0 Å². The first-order chi connectivity index (χ1) is 7.12. The third kappa shape index (κ3) is 2.07. The van der Waals surface area contributed by atoms with E-state index < -0.39 is 5.60 Å². The second-order valence-electron chi connectivity index (χ2n) is 4.89. The highest BCUT2D eigenvalue weighted by Gasteiger charge is 2.30. The predicted octanol–water partition coefficient (Wildman–Crippen LogP) is 3.46. The van der Waals surface area contributed by atoms with Gasteiger partial charge in [-0.25, -0.2) is 0 Å². The van der Waals surface area contributed by atoms with Crippen molar-refractivity contribution in [3.63, 3.8) is 0 Å². The van der Waals surface area contributed by atoms with E-state index in [4.69, 9.17) is 0 Å². The van der Waals surface area contributed by atoms with Crippen LogP contribution in [0.2, 0.25) is 0 Å². The number of hydrogen-bond donors (Lipinski definition) is 1. The van der Waals surface area contributed by atoms with E-state index in [0.29, 0.717) is 0 Å². The van der Waals surface area contributed by atoms with Crippen molar-refractivity contribution in [2.75, 3.05) is 0 Å². The molecule has 1 nitrogen and oxygen atoms in total. The first kappa shape index (κ1) is 10.7. The summed E-state index contributed by atoms with van der Waals surface area (Å²) in [7, 11) is 0. The summed E-state index contributed by atoms with van der Waals surface area (Å²) in [6, 6.07) is 6.37. The molecule has 1 aromatic rings. The summed E-state index contributed by atoms with van der Waals surface area (Å²) in [5.41, 5.74) is 3.16. The third-order valence-electron chi connectivity index (χ3n) is 3.72. The van der Waals surface area contributed by atoms with Crippen molar-refractivity contribution < 1.29 is 5.11 Å². The molecule has 0 heterocycles. The van der Waals surface area contributed by atoms with Crippen molar-refractivity contribution in [1.29, 1.82) is 0 Å². The van der Waals surface area contributed by atoms with Gasteiger partial charge in [0.1, 0.15) is 0 Å². The quantitative estimate of drug-likeness (QED) is 0.742. The van der Waals surface area contributed by atoms with Crippen molar-refractivity contribution in [3.05, 3.63) is 34.9 Å². The van der Waals surface area contributed by atoms with Crippen LogP contribution in [0.15, 0.2) is 18.2 Å². The molecule has 0 amide bonds. The number of rotatable bonds is 1. The highest BCUT2D eigenvalue weighted by Crippen LogP contribution is 2.37. The number of aliphatic hydroxyl groups is 1. The van der Waals surface area contributed by atoms with Crippen LogP contribution < -0.4 is 0 Å². The van der Waals surface area contributed by atoms with Crippen molar-refractivity contribution in [3.8, 4) is 0 Å². The van der Waals surface area contributed by atoms with E-state index in [9.17, 15) is 5.11 Å². The van der Waals surface area contributed by atoms with Crippen LogP contribution in [0.4, 0.5) is 0 Å². The van der Waals surface area contributed by atoms with Crippen molar-refractivity contribution in [2.24, 2.45) is 0 Å². The molecule has 0 radical (unpaired) electrons. The molecule has 1 saturated carbocycles. The fourth-order valence-electron chi connectivity index (χ4n) is 2.46. The Hall–Kier alpha value is -0.820. The molecule has 1 aromatic carbocycles. The molecule has 0 bridgehead atoms. The highest BCUT2D eigenvalue weighted by atomic mass is 16.3. The smallest absolute Gasteiger partial charge is 0.0896 e. The standard InChI is InChI=1S/C14H20O/c1-11-6-7-13(10-12(11)2)14(15)8-4-3-5-9-14/h6-7,10,15H,3-5,8-9H2,1-2H3. The van der Waals surface area contributed by atoms with E-state index in [1.807, 2.05) is 0 Å². The maximum atomic E-state index is 10.6. The summed E-state index contributed by atoms with van der Waals surface area (Å²) in [5, 5.41) is 10.6. The Bertz CT molecular complexity index is 348. The third-order valence-corrected chi connectivity index (χ3v) is 3.72. The van der Waals surface area contributed by atoms with E-state index in [1.165, 1.54) is 17.5 Å². The zero-order valence-electron chi connectivity index (χ0n) is 9.71. The second kappa shape index (κ2) is 3.97. The van der Waals surface area contributed by atoms with Gasteiger partial charge in [0.2, 0.25) is 0 Å². The Morgan fingerprint density at radius 2 is 1.67 bits per heavy atom. The molecule has 15 heavy (non-hydrogen) atoms. The lowest BCUT2D eigenvalue weighted by Gasteiger charge is -2.33. The topological polar surface area (TPSA) is 20.2 Å². The van der Waals surface area contributed by atoms with Gasteiger partial charge in [0, 0.05) is 0 Å². The van der Waals surface area contributed by atoms with Crippen LogP contribution in [0.5, 0.6) is 0 Å². The van der Waals surface area contributed by atoms with Crippen molar-refractivity contribution in [1.82, 2.24) is 0 Å². The molecule has 0 spiro atoms. The monoisotopic (exact) mass is 204 g/mol. The number of hydrogen-bond acceptors (Lipinski definition) is 1. The largest absolute Gasteiger partial charge is 0.385 e. The van der Waals surface area contributed by atoms with Crippen LogP contribution >= 0.6 is 0 Å². The summed E-state index contributed by atoms with van der Waals surface area (Å²) in [4.78, 5) is 0. The Balaban J connectivity index is 2.31. The molecule has 0 unspecified atom stereocenters. The summed E-state index contributed by atoms with van der Waals surface area (Å²) >= 11 is 0. The van der Waals surface area contributed by atoms with Crippen LogP contribution in [-0.2, 0) is 5.60 Å². The minimum absolute atomic E-state index is 0.545. The number of benzene rings is 1. The second-order valence-corrected chi connectivity index (χ2v) is 4.89. The molecule has 82 valence electrons. The van der Waals surface area contributed by atoms with E-state index in [2.05, 4.69) is 32.0 Å². The van der Waals surface area contributed by atoms with Gasteiger partial charge in [-0.3, -0.25) is 0 Å². The lowest BCUT2D eigenvalue weighted by atomic mass is 9.79. The van der Waals surface area contributed by atoms with Crippen LogP contribution in [0, 0.1) is 13.8 Å². The van der Waals surface area contributed by atoms with Gasteiger partial charge in [0.25, 0.3) is 0 Å². The van der Waals surface area contributed by atoms with E-state index in [0.717, 1.165) is 31.2 Å². The average molecular weight is 204 g/mol. The number of aryl methyl sites for hydroxylation is 2. The molecule has 0 atom stereocenters. The van der Waals surface area contributed by atoms with Gasteiger partial charge in [0.05, 0.1) is 5.60 Å². The van der Waals surface area contributed by atoms with Gasteiger partial charge in [-0.15, -0.1) is 0 Å². The molecule has 2 rings (SSSR count). The van der Waals surface area contributed by atoms with E-state index >= 15 is 0 Å². The Kier molecular flexibility index (Phi) is 2.83. The molecule has 1 aliphatic carbocycles. The van der Waals surface area contributed by atoms with Crippen LogP contribution in [0.25, 0.3) is 0 Å². The van der Waals surface area contributed by atoms with Crippen molar-refractivity contribution in [2.45, 2.75) is 51.6 Å². The minimum Gasteiger partial charge on any atom is -0.385 e. The predicted molar refractivity (Wildman–Crippen MR) is 62.9 cm³/mol. The molecule has 1 aliphatic rings. The summed E-state index contributed by atoms with van der Waals surface area (Å²) in [5.74, 6) is 0. The molecule has 0 saturated heterocycles.